The summed E-state index contributed by atoms with van der Waals surface area (Å²) >= 11 is 0. The summed E-state index contributed by atoms with van der Waals surface area (Å²) in [6, 6.07) is 1.50. The molecular weight excluding hydrogens is 258 g/mol. The smallest absolute Gasteiger partial charge is 0.242 e. The van der Waals surface area contributed by atoms with Crippen LogP contribution in [0.2, 0.25) is 0 Å². The monoisotopic (exact) mass is 271 g/mol. The van der Waals surface area contributed by atoms with Crippen molar-refractivity contribution in [2.75, 3.05) is 6.54 Å². The van der Waals surface area contributed by atoms with Gasteiger partial charge in [-0.3, -0.25) is 0 Å². The number of H-pyrrole nitrogens is 1. The number of nitrogens with one attached hydrogen (secondary N) is 2. The van der Waals surface area contributed by atoms with Gasteiger partial charge in [0.05, 0.1) is 4.90 Å². The Bertz CT molecular complexity index is 590. The standard InChI is InChI=1S/C9H13N5O3S/c10-4-7-3-8(5-11-7)18(15,16)13-2-1-9-12-6-17-14-9/h3,5-6,11,13H,1-2,4,10H2. The fraction of sp³-hybridized carbons (Fsp3) is 0.333. The van der Waals surface area contributed by atoms with Gasteiger partial charge in [-0.05, 0) is 6.07 Å². The van der Waals surface area contributed by atoms with Crippen LogP contribution in [0.3, 0.4) is 0 Å². The van der Waals surface area contributed by atoms with E-state index in [-0.39, 0.29) is 18.0 Å². The van der Waals surface area contributed by atoms with Crippen LogP contribution in [-0.2, 0) is 23.0 Å². The Morgan fingerprint density at radius 1 is 1.50 bits per heavy atom. The number of nitrogens with two attached hydrogens (primary N) is 1. The number of sulfonamides is 1. The molecule has 0 aliphatic rings. The van der Waals surface area contributed by atoms with Crippen LogP contribution in [0.5, 0.6) is 0 Å². The normalized spacial score (nSPS) is 11.8. The van der Waals surface area contributed by atoms with Gasteiger partial charge >= 0.3 is 0 Å². The lowest BCUT2D eigenvalue weighted by Gasteiger charge is -2.02. The van der Waals surface area contributed by atoms with E-state index < -0.39 is 10.0 Å². The molecular formula is C9H13N5O3S. The van der Waals surface area contributed by atoms with E-state index >= 15 is 0 Å². The lowest BCUT2D eigenvalue weighted by atomic mass is 10.4. The number of nitrogens with zero attached hydrogens (tertiary/aromatic N) is 2. The molecule has 18 heavy (non-hydrogen) atoms. The van der Waals surface area contributed by atoms with Crippen LogP contribution < -0.4 is 10.5 Å². The molecule has 0 aliphatic heterocycles. The van der Waals surface area contributed by atoms with Gasteiger partial charge in [-0.1, -0.05) is 5.16 Å². The van der Waals surface area contributed by atoms with E-state index in [9.17, 15) is 8.42 Å². The largest absolute Gasteiger partial charge is 0.363 e. The molecule has 0 saturated carbocycles. The van der Waals surface area contributed by atoms with E-state index in [4.69, 9.17) is 5.73 Å². The van der Waals surface area contributed by atoms with Gasteiger partial charge in [0.15, 0.2) is 5.82 Å². The molecule has 0 bridgehead atoms. The second-order valence-corrected chi connectivity index (χ2v) is 5.33. The van der Waals surface area contributed by atoms with Gasteiger partial charge in [0.1, 0.15) is 0 Å². The van der Waals surface area contributed by atoms with Crippen molar-refractivity contribution in [2.24, 2.45) is 5.73 Å². The van der Waals surface area contributed by atoms with E-state index in [2.05, 4.69) is 24.4 Å². The fourth-order valence-electron chi connectivity index (χ4n) is 1.37. The van der Waals surface area contributed by atoms with Crippen molar-refractivity contribution in [3.8, 4) is 0 Å². The highest BCUT2D eigenvalue weighted by atomic mass is 32.2. The van der Waals surface area contributed by atoms with E-state index in [1.807, 2.05) is 0 Å². The molecule has 4 N–H and O–H groups in total. The molecule has 0 atom stereocenters. The first kappa shape index (κ1) is 12.7. The van der Waals surface area contributed by atoms with E-state index in [1.165, 1.54) is 18.7 Å². The van der Waals surface area contributed by atoms with Crippen molar-refractivity contribution < 1.29 is 12.9 Å². The van der Waals surface area contributed by atoms with Gasteiger partial charge in [0, 0.05) is 31.4 Å². The summed E-state index contributed by atoms with van der Waals surface area (Å²) in [5.74, 6) is 0.453. The minimum absolute atomic E-state index is 0.163. The third kappa shape index (κ3) is 2.94. The van der Waals surface area contributed by atoms with Gasteiger partial charge < -0.3 is 15.2 Å². The molecule has 0 aromatic carbocycles. The molecule has 0 amide bonds. The minimum Gasteiger partial charge on any atom is -0.363 e. The lowest BCUT2D eigenvalue weighted by molar-refractivity contribution is 0.410. The number of hydrogen-bond acceptors (Lipinski definition) is 6. The van der Waals surface area contributed by atoms with Crippen molar-refractivity contribution in [3.63, 3.8) is 0 Å². The Morgan fingerprint density at radius 3 is 2.94 bits per heavy atom. The number of aromatic nitrogens is 3. The van der Waals surface area contributed by atoms with Crippen LogP contribution in [0.4, 0.5) is 0 Å². The maximum Gasteiger partial charge on any atom is 0.242 e. The zero-order valence-electron chi connectivity index (χ0n) is 9.46. The average Bonchev–Trinajstić information content (AvgIpc) is 2.99. The van der Waals surface area contributed by atoms with Gasteiger partial charge in [-0.2, -0.15) is 4.98 Å². The van der Waals surface area contributed by atoms with Crippen LogP contribution >= 0.6 is 0 Å². The van der Waals surface area contributed by atoms with Crippen molar-refractivity contribution in [1.82, 2.24) is 19.8 Å². The summed E-state index contributed by atoms with van der Waals surface area (Å²) in [7, 11) is -3.53. The number of hydrogen-bond donors (Lipinski definition) is 3. The second-order valence-electron chi connectivity index (χ2n) is 3.56. The summed E-state index contributed by atoms with van der Waals surface area (Å²) in [5.41, 5.74) is 6.06. The Morgan fingerprint density at radius 2 is 2.33 bits per heavy atom. The Hall–Kier alpha value is -1.71. The first-order chi connectivity index (χ1) is 8.62. The second kappa shape index (κ2) is 5.29. The maximum atomic E-state index is 11.9. The molecule has 0 saturated heterocycles. The SMILES string of the molecule is NCc1cc(S(=O)(=O)NCCc2ncon2)c[nH]1. The average molecular weight is 271 g/mol. The van der Waals surface area contributed by atoms with Gasteiger partial charge in [0.25, 0.3) is 0 Å². The zero-order chi connectivity index (χ0) is 13.0. The molecule has 2 aromatic rings. The highest BCUT2D eigenvalue weighted by Crippen LogP contribution is 2.09. The van der Waals surface area contributed by atoms with Crippen molar-refractivity contribution in [2.45, 2.75) is 17.9 Å². The molecule has 98 valence electrons. The van der Waals surface area contributed by atoms with Crippen LogP contribution in [0.25, 0.3) is 0 Å². The first-order valence-electron chi connectivity index (χ1n) is 5.24. The maximum absolute atomic E-state index is 11.9. The topological polar surface area (TPSA) is 127 Å². The molecule has 2 rings (SSSR count). The highest BCUT2D eigenvalue weighted by molar-refractivity contribution is 7.89. The molecule has 2 heterocycles. The number of aromatic amines is 1. The molecule has 0 fully saturated rings. The third-order valence-electron chi connectivity index (χ3n) is 2.29. The van der Waals surface area contributed by atoms with E-state index in [0.29, 0.717) is 17.9 Å². The summed E-state index contributed by atoms with van der Waals surface area (Å²) in [5, 5.41) is 3.58. The Labute approximate surface area is 104 Å². The molecule has 0 unspecified atom stereocenters. The predicted molar refractivity (Wildman–Crippen MR) is 61.9 cm³/mol. The highest BCUT2D eigenvalue weighted by Gasteiger charge is 2.15. The fourth-order valence-corrected chi connectivity index (χ4v) is 2.42. The number of rotatable bonds is 6. The van der Waals surface area contributed by atoms with Crippen molar-refractivity contribution >= 4 is 10.0 Å². The molecule has 0 radical (unpaired) electrons. The van der Waals surface area contributed by atoms with Gasteiger partial charge in [0.2, 0.25) is 16.4 Å². The zero-order valence-corrected chi connectivity index (χ0v) is 10.3. The van der Waals surface area contributed by atoms with Crippen LogP contribution in [0, 0.1) is 0 Å². The molecule has 9 heteroatoms. The minimum atomic E-state index is -3.53. The van der Waals surface area contributed by atoms with Crippen molar-refractivity contribution in [3.05, 3.63) is 30.2 Å². The molecule has 0 aliphatic carbocycles. The van der Waals surface area contributed by atoms with Gasteiger partial charge in [-0.25, -0.2) is 13.1 Å². The molecule has 8 nitrogen and oxygen atoms in total. The first-order valence-corrected chi connectivity index (χ1v) is 6.72. The molecule has 0 spiro atoms. The van der Waals surface area contributed by atoms with Gasteiger partial charge in [-0.15, -0.1) is 0 Å². The van der Waals surface area contributed by atoms with Crippen LogP contribution in [0.1, 0.15) is 11.5 Å². The van der Waals surface area contributed by atoms with Crippen LogP contribution in [0.15, 0.2) is 28.1 Å². The third-order valence-corrected chi connectivity index (χ3v) is 3.73. The predicted octanol–water partition coefficient (Wildman–Crippen LogP) is -0.623. The molecule has 2 aromatic heterocycles. The summed E-state index contributed by atoms with van der Waals surface area (Å²) in [6.45, 7) is 0.462. The Kier molecular flexibility index (Phi) is 3.75. The quantitative estimate of drug-likeness (QED) is 0.642. The van der Waals surface area contributed by atoms with E-state index in [0.717, 1.165) is 0 Å². The summed E-state index contributed by atoms with van der Waals surface area (Å²) < 4.78 is 30.7. The summed E-state index contributed by atoms with van der Waals surface area (Å²) in [6.07, 6.45) is 2.96. The Balaban J connectivity index is 1.95. The van der Waals surface area contributed by atoms with Crippen LogP contribution in [-0.4, -0.2) is 30.1 Å². The van der Waals surface area contributed by atoms with Crippen molar-refractivity contribution in [1.29, 1.82) is 0 Å². The lowest BCUT2D eigenvalue weighted by Crippen LogP contribution is -2.25. The van der Waals surface area contributed by atoms with E-state index in [1.54, 1.807) is 0 Å². The summed E-state index contributed by atoms with van der Waals surface area (Å²) in [4.78, 5) is 6.74.